The van der Waals surface area contributed by atoms with Crippen molar-refractivity contribution in [3.05, 3.63) is 58.9 Å². The number of phenolic OH excluding ortho intramolecular Hbond substituents is 1. The van der Waals surface area contributed by atoms with Crippen molar-refractivity contribution in [1.29, 1.82) is 0 Å². The summed E-state index contributed by atoms with van der Waals surface area (Å²) < 4.78 is 92.5. The van der Waals surface area contributed by atoms with Gasteiger partial charge in [0.15, 0.2) is 11.6 Å². The van der Waals surface area contributed by atoms with Gasteiger partial charge < -0.3 is 15.6 Å². The van der Waals surface area contributed by atoms with Crippen molar-refractivity contribution in [2.75, 3.05) is 0 Å². The van der Waals surface area contributed by atoms with Crippen LogP contribution in [0.4, 0.5) is 30.7 Å². The molecule has 0 saturated carbocycles. The number of nitrogens with two attached hydrogens (primary N) is 1. The van der Waals surface area contributed by atoms with Gasteiger partial charge in [0, 0.05) is 5.56 Å². The van der Waals surface area contributed by atoms with Gasteiger partial charge in [0.05, 0.1) is 11.6 Å². The van der Waals surface area contributed by atoms with E-state index in [9.17, 15) is 35.8 Å². The SMILES string of the molecule is N[C@@H](c1ccc(OC(F)(F)F)cc1)c1c(C(F)(F)F)ccc(F)c1O. The second kappa shape index (κ2) is 6.43. The first kappa shape index (κ1) is 18.8. The van der Waals surface area contributed by atoms with Crippen LogP contribution in [0.2, 0.25) is 0 Å². The molecule has 2 rings (SSSR count). The molecule has 0 heterocycles. The van der Waals surface area contributed by atoms with E-state index in [0.717, 1.165) is 24.3 Å². The Balaban J connectivity index is 2.44. The first-order chi connectivity index (χ1) is 11.4. The van der Waals surface area contributed by atoms with Crippen molar-refractivity contribution >= 4 is 0 Å². The third-order valence-electron chi connectivity index (χ3n) is 3.26. The van der Waals surface area contributed by atoms with E-state index in [1.54, 1.807) is 0 Å². The van der Waals surface area contributed by atoms with Gasteiger partial charge in [-0.15, -0.1) is 13.2 Å². The topological polar surface area (TPSA) is 55.5 Å². The van der Waals surface area contributed by atoms with Gasteiger partial charge in [-0.2, -0.15) is 13.2 Å². The summed E-state index contributed by atoms with van der Waals surface area (Å²) in [5.74, 6) is -3.20. The Morgan fingerprint density at radius 2 is 1.48 bits per heavy atom. The second-order valence-electron chi connectivity index (χ2n) is 4.95. The van der Waals surface area contributed by atoms with E-state index in [2.05, 4.69) is 4.74 Å². The summed E-state index contributed by atoms with van der Waals surface area (Å²) in [7, 11) is 0. The standard InChI is InChI=1S/C15H10F7NO2/c16-10-6-5-9(14(17,18)19)11(13(10)24)12(23)7-1-3-8(4-2-7)25-15(20,21)22/h1-6,12,24H,23H2/t12-/m0/s1. The fourth-order valence-electron chi connectivity index (χ4n) is 2.19. The molecule has 0 unspecified atom stereocenters. The van der Waals surface area contributed by atoms with E-state index in [-0.39, 0.29) is 5.56 Å². The Kier molecular flexibility index (Phi) is 4.85. The number of halogens is 7. The Bertz CT molecular complexity index is 754. The molecule has 0 saturated heterocycles. The maximum Gasteiger partial charge on any atom is 0.573 e. The second-order valence-corrected chi connectivity index (χ2v) is 4.95. The highest BCUT2D eigenvalue weighted by atomic mass is 19.4. The van der Waals surface area contributed by atoms with Crippen molar-refractivity contribution in [3.8, 4) is 11.5 Å². The molecule has 10 heteroatoms. The van der Waals surface area contributed by atoms with Gasteiger partial charge in [-0.25, -0.2) is 4.39 Å². The van der Waals surface area contributed by atoms with Crippen LogP contribution in [0.3, 0.4) is 0 Å². The number of aromatic hydroxyl groups is 1. The van der Waals surface area contributed by atoms with Crippen LogP contribution < -0.4 is 10.5 Å². The van der Waals surface area contributed by atoms with E-state index in [1.807, 2.05) is 0 Å². The number of ether oxygens (including phenoxy) is 1. The van der Waals surface area contributed by atoms with Gasteiger partial charge in [0.25, 0.3) is 0 Å². The van der Waals surface area contributed by atoms with Gasteiger partial charge in [0.1, 0.15) is 5.75 Å². The Morgan fingerprint density at radius 3 is 1.96 bits per heavy atom. The molecule has 0 aliphatic rings. The Morgan fingerprint density at radius 1 is 0.920 bits per heavy atom. The van der Waals surface area contributed by atoms with E-state index in [4.69, 9.17) is 5.73 Å². The fraction of sp³-hybridized carbons (Fsp3) is 0.200. The number of benzene rings is 2. The highest BCUT2D eigenvalue weighted by Crippen LogP contribution is 2.41. The molecular weight excluding hydrogens is 359 g/mol. The number of alkyl halides is 6. The van der Waals surface area contributed by atoms with Crippen LogP contribution in [0.5, 0.6) is 11.5 Å². The minimum atomic E-state index is -4.94. The molecule has 0 aromatic heterocycles. The highest BCUT2D eigenvalue weighted by molar-refractivity contribution is 5.48. The summed E-state index contributed by atoms with van der Waals surface area (Å²) in [6.45, 7) is 0. The lowest BCUT2D eigenvalue weighted by atomic mass is 9.93. The summed E-state index contributed by atoms with van der Waals surface area (Å²) in [6, 6.07) is 2.87. The van der Waals surface area contributed by atoms with Crippen LogP contribution >= 0.6 is 0 Å². The van der Waals surface area contributed by atoms with Crippen LogP contribution in [0.25, 0.3) is 0 Å². The lowest BCUT2D eigenvalue weighted by Crippen LogP contribution is -2.20. The van der Waals surface area contributed by atoms with Crippen LogP contribution in [0.1, 0.15) is 22.7 Å². The summed E-state index contributed by atoms with van der Waals surface area (Å²) in [6.07, 6.45) is -9.86. The highest BCUT2D eigenvalue weighted by Gasteiger charge is 2.37. The van der Waals surface area contributed by atoms with Crippen LogP contribution in [0.15, 0.2) is 36.4 Å². The molecule has 0 bridgehead atoms. The van der Waals surface area contributed by atoms with Crippen LogP contribution in [-0.2, 0) is 6.18 Å². The zero-order chi connectivity index (χ0) is 19.0. The zero-order valence-corrected chi connectivity index (χ0v) is 12.1. The summed E-state index contributed by atoms with van der Waals surface area (Å²) >= 11 is 0. The third kappa shape index (κ3) is 4.32. The molecule has 25 heavy (non-hydrogen) atoms. The Hall–Kier alpha value is -2.49. The van der Waals surface area contributed by atoms with Crippen molar-refractivity contribution in [3.63, 3.8) is 0 Å². The summed E-state index contributed by atoms with van der Waals surface area (Å²) in [5.41, 5.74) is 3.32. The molecule has 0 radical (unpaired) electrons. The van der Waals surface area contributed by atoms with Gasteiger partial charge in [-0.3, -0.25) is 0 Å². The number of phenols is 1. The van der Waals surface area contributed by atoms with Crippen LogP contribution in [0, 0.1) is 5.82 Å². The maximum atomic E-state index is 13.5. The molecule has 0 aliphatic carbocycles. The van der Waals surface area contributed by atoms with Crippen molar-refractivity contribution < 1.29 is 40.6 Å². The molecule has 0 amide bonds. The molecule has 136 valence electrons. The monoisotopic (exact) mass is 369 g/mol. The first-order valence-corrected chi connectivity index (χ1v) is 6.60. The Labute approximate surface area is 136 Å². The molecule has 3 nitrogen and oxygen atoms in total. The van der Waals surface area contributed by atoms with E-state index >= 15 is 0 Å². The predicted octanol–water partition coefficient (Wildman–Crippen LogP) is 4.50. The summed E-state index contributed by atoms with van der Waals surface area (Å²) in [5, 5.41) is 9.65. The molecule has 2 aromatic rings. The lowest BCUT2D eigenvalue weighted by molar-refractivity contribution is -0.274. The first-order valence-electron chi connectivity index (χ1n) is 6.60. The molecule has 0 fully saturated rings. The maximum absolute atomic E-state index is 13.5. The predicted molar refractivity (Wildman–Crippen MR) is 72.2 cm³/mol. The largest absolute Gasteiger partial charge is 0.573 e. The number of rotatable bonds is 3. The molecule has 0 spiro atoms. The average molecular weight is 369 g/mol. The van der Waals surface area contributed by atoms with Crippen LogP contribution in [-0.4, -0.2) is 11.5 Å². The number of hydrogen-bond acceptors (Lipinski definition) is 3. The van der Waals surface area contributed by atoms with Gasteiger partial charge >= 0.3 is 12.5 Å². The smallest absolute Gasteiger partial charge is 0.505 e. The summed E-state index contributed by atoms with van der Waals surface area (Å²) in [4.78, 5) is 0. The van der Waals surface area contributed by atoms with Gasteiger partial charge in [-0.1, -0.05) is 12.1 Å². The minimum absolute atomic E-state index is 0.0825. The number of hydrogen-bond donors (Lipinski definition) is 2. The molecular formula is C15H10F7NO2. The van der Waals surface area contributed by atoms with Crippen molar-refractivity contribution in [2.24, 2.45) is 5.73 Å². The van der Waals surface area contributed by atoms with Crippen molar-refractivity contribution in [2.45, 2.75) is 18.6 Å². The van der Waals surface area contributed by atoms with Gasteiger partial charge in [0.2, 0.25) is 0 Å². The third-order valence-corrected chi connectivity index (χ3v) is 3.26. The molecule has 0 aliphatic heterocycles. The molecule has 2 aromatic carbocycles. The van der Waals surface area contributed by atoms with E-state index in [0.29, 0.717) is 12.1 Å². The normalized spacial score (nSPS) is 13.6. The average Bonchev–Trinajstić information content (AvgIpc) is 2.47. The van der Waals surface area contributed by atoms with E-state index < -0.39 is 47.0 Å². The molecule has 3 N–H and O–H groups in total. The van der Waals surface area contributed by atoms with Crippen molar-refractivity contribution in [1.82, 2.24) is 0 Å². The van der Waals surface area contributed by atoms with E-state index in [1.165, 1.54) is 0 Å². The molecule has 1 atom stereocenters. The quantitative estimate of drug-likeness (QED) is 0.784. The minimum Gasteiger partial charge on any atom is -0.505 e. The fourth-order valence-corrected chi connectivity index (χ4v) is 2.19. The lowest BCUT2D eigenvalue weighted by Gasteiger charge is -2.20. The van der Waals surface area contributed by atoms with Gasteiger partial charge in [-0.05, 0) is 29.8 Å². The zero-order valence-electron chi connectivity index (χ0n) is 12.1.